The summed E-state index contributed by atoms with van der Waals surface area (Å²) >= 11 is 3.38. The molecular weight excluding hydrogens is 346 g/mol. The van der Waals surface area contributed by atoms with E-state index in [4.69, 9.17) is 15.9 Å². The monoisotopic (exact) mass is 355 g/mol. The van der Waals surface area contributed by atoms with Crippen molar-refractivity contribution in [3.63, 3.8) is 0 Å². The summed E-state index contributed by atoms with van der Waals surface area (Å²) in [6, 6.07) is 13.2. The molecule has 0 atom stereocenters. The van der Waals surface area contributed by atoms with E-state index in [1.54, 1.807) is 12.1 Å². The van der Waals surface area contributed by atoms with E-state index in [-0.39, 0.29) is 23.0 Å². The summed E-state index contributed by atoms with van der Waals surface area (Å²) in [6.45, 7) is 0. The minimum atomic E-state index is -0.00640. The smallest absolute Gasteiger partial charge is 0.222 e. The lowest BCUT2D eigenvalue weighted by Gasteiger charge is -2.04. The molecule has 0 amide bonds. The lowest BCUT2D eigenvalue weighted by Crippen LogP contribution is -2.04. The van der Waals surface area contributed by atoms with Crippen molar-refractivity contribution in [3.05, 3.63) is 46.4 Å². The maximum atomic E-state index is 9.21. The van der Waals surface area contributed by atoms with Crippen LogP contribution in [-0.2, 0) is 0 Å². The van der Waals surface area contributed by atoms with Crippen molar-refractivity contribution in [1.29, 1.82) is 5.26 Å². The fraction of sp³-hybridized carbons (Fsp3) is 0. The van der Waals surface area contributed by atoms with Gasteiger partial charge in [-0.05, 0) is 24.3 Å². The van der Waals surface area contributed by atoms with Gasteiger partial charge < -0.3 is 15.9 Å². The van der Waals surface area contributed by atoms with E-state index in [0.29, 0.717) is 11.5 Å². The SMILES string of the molecule is N#Cc1c(N)nc(N)nc1-c1ccc(-c2ccc(Br)cc2)o1. The molecule has 0 bridgehead atoms. The minimum absolute atomic E-state index is 0.00640. The van der Waals surface area contributed by atoms with Crippen LogP contribution in [0, 0.1) is 11.3 Å². The average Bonchev–Trinajstić information content (AvgIpc) is 2.97. The van der Waals surface area contributed by atoms with E-state index in [0.717, 1.165) is 10.0 Å². The van der Waals surface area contributed by atoms with Gasteiger partial charge >= 0.3 is 0 Å². The van der Waals surface area contributed by atoms with E-state index in [2.05, 4.69) is 25.9 Å². The number of furan rings is 1. The molecule has 0 fully saturated rings. The Balaban J connectivity index is 2.08. The number of hydrogen-bond donors (Lipinski definition) is 2. The average molecular weight is 356 g/mol. The first-order chi connectivity index (χ1) is 10.6. The van der Waals surface area contributed by atoms with Crippen LogP contribution in [0.2, 0.25) is 0 Å². The Bertz CT molecular complexity index is 880. The minimum Gasteiger partial charge on any atom is -0.454 e. The van der Waals surface area contributed by atoms with Gasteiger partial charge in [0.25, 0.3) is 0 Å². The van der Waals surface area contributed by atoms with Crippen LogP contribution in [0.25, 0.3) is 22.8 Å². The summed E-state index contributed by atoms with van der Waals surface area (Å²) in [5, 5.41) is 9.21. The van der Waals surface area contributed by atoms with Gasteiger partial charge in [0.1, 0.15) is 28.9 Å². The second-order valence-electron chi connectivity index (χ2n) is 4.47. The van der Waals surface area contributed by atoms with Crippen LogP contribution < -0.4 is 11.5 Å². The topological polar surface area (TPSA) is 115 Å². The molecule has 1 aromatic carbocycles. The molecule has 3 aromatic rings. The lowest BCUT2D eigenvalue weighted by atomic mass is 10.2. The highest BCUT2D eigenvalue weighted by Gasteiger charge is 2.16. The fourth-order valence-electron chi connectivity index (χ4n) is 2.02. The third kappa shape index (κ3) is 2.52. The molecule has 0 aliphatic heterocycles. The Hall–Kier alpha value is -2.85. The summed E-state index contributed by atoms with van der Waals surface area (Å²) in [4.78, 5) is 7.84. The maximum absolute atomic E-state index is 9.21. The van der Waals surface area contributed by atoms with Crippen LogP contribution in [0.3, 0.4) is 0 Å². The van der Waals surface area contributed by atoms with Crippen LogP contribution in [0.1, 0.15) is 5.56 Å². The van der Waals surface area contributed by atoms with Gasteiger partial charge in [0, 0.05) is 10.0 Å². The third-order valence-corrected chi connectivity index (χ3v) is 3.56. The number of aromatic nitrogens is 2. The van der Waals surface area contributed by atoms with Gasteiger partial charge in [0.2, 0.25) is 5.95 Å². The normalized spacial score (nSPS) is 10.4. The van der Waals surface area contributed by atoms with Crippen molar-refractivity contribution in [2.75, 3.05) is 11.5 Å². The van der Waals surface area contributed by atoms with Crippen molar-refractivity contribution in [2.45, 2.75) is 0 Å². The van der Waals surface area contributed by atoms with Crippen LogP contribution >= 0.6 is 15.9 Å². The zero-order chi connectivity index (χ0) is 15.7. The predicted molar refractivity (Wildman–Crippen MR) is 86.4 cm³/mol. The van der Waals surface area contributed by atoms with Gasteiger partial charge in [-0.25, -0.2) is 4.98 Å². The molecule has 0 saturated heterocycles. The number of hydrogen-bond acceptors (Lipinski definition) is 6. The molecule has 0 aliphatic rings. The molecule has 22 heavy (non-hydrogen) atoms. The Morgan fingerprint density at radius 1 is 1.00 bits per heavy atom. The summed E-state index contributed by atoms with van der Waals surface area (Å²) in [5.74, 6) is 1.09. The van der Waals surface area contributed by atoms with Gasteiger partial charge in [-0.2, -0.15) is 10.2 Å². The molecule has 0 spiro atoms. The third-order valence-electron chi connectivity index (χ3n) is 3.03. The second kappa shape index (κ2) is 5.50. The van der Waals surface area contributed by atoms with Gasteiger partial charge in [-0.3, -0.25) is 0 Å². The first kappa shape index (κ1) is 14.1. The van der Waals surface area contributed by atoms with Gasteiger partial charge in [0.05, 0.1) is 0 Å². The zero-order valence-corrected chi connectivity index (χ0v) is 12.8. The fourth-order valence-corrected chi connectivity index (χ4v) is 2.28. The van der Waals surface area contributed by atoms with Gasteiger partial charge in [-0.1, -0.05) is 28.1 Å². The molecule has 2 aromatic heterocycles. The number of nitrogens with zero attached hydrogens (tertiary/aromatic N) is 3. The highest BCUT2D eigenvalue weighted by molar-refractivity contribution is 9.10. The molecule has 0 aliphatic carbocycles. The summed E-state index contributed by atoms with van der Waals surface area (Å²) < 4.78 is 6.76. The summed E-state index contributed by atoms with van der Waals surface area (Å²) in [6.07, 6.45) is 0. The largest absolute Gasteiger partial charge is 0.454 e. The molecule has 0 radical (unpaired) electrons. The van der Waals surface area contributed by atoms with E-state index in [9.17, 15) is 5.26 Å². The number of nitrogens with two attached hydrogens (primary N) is 2. The van der Waals surface area contributed by atoms with Crippen LogP contribution in [0.15, 0.2) is 45.3 Å². The van der Waals surface area contributed by atoms with E-state index in [1.807, 2.05) is 30.3 Å². The van der Waals surface area contributed by atoms with Crippen molar-refractivity contribution in [1.82, 2.24) is 9.97 Å². The molecule has 7 heteroatoms. The van der Waals surface area contributed by atoms with E-state index >= 15 is 0 Å². The van der Waals surface area contributed by atoms with Gasteiger partial charge in [-0.15, -0.1) is 0 Å². The number of benzene rings is 1. The first-order valence-corrected chi connectivity index (χ1v) is 7.07. The molecule has 4 N–H and O–H groups in total. The number of nitrogen functional groups attached to an aromatic ring is 2. The highest BCUT2D eigenvalue weighted by atomic mass is 79.9. The number of rotatable bonds is 2. The first-order valence-electron chi connectivity index (χ1n) is 6.27. The number of halogens is 1. The van der Waals surface area contributed by atoms with Crippen LogP contribution in [0.5, 0.6) is 0 Å². The van der Waals surface area contributed by atoms with Crippen LogP contribution in [0.4, 0.5) is 11.8 Å². The van der Waals surface area contributed by atoms with Crippen LogP contribution in [-0.4, -0.2) is 9.97 Å². The maximum Gasteiger partial charge on any atom is 0.222 e. The van der Waals surface area contributed by atoms with Crippen molar-refractivity contribution < 1.29 is 4.42 Å². The number of nitriles is 1. The summed E-state index contributed by atoms with van der Waals surface area (Å²) in [7, 11) is 0. The molecule has 108 valence electrons. The Morgan fingerprint density at radius 2 is 1.68 bits per heavy atom. The molecule has 3 rings (SSSR count). The van der Waals surface area contributed by atoms with Crippen molar-refractivity contribution >= 4 is 27.7 Å². The van der Waals surface area contributed by atoms with Crippen molar-refractivity contribution in [3.8, 4) is 28.8 Å². The highest BCUT2D eigenvalue weighted by Crippen LogP contribution is 2.31. The molecule has 0 saturated carbocycles. The second-order valence-corrected chi connectivity index (χ2v) is 5.39. The molecule has 6 nitrogen and oxygen atoms in total. The number of anilines is 2. The molecular formula is C15H10BrN5O. The van der Waals surface area contributed by atoms with Gasteiger partial charge in [0.15, 0.2) is 5.76 Å². The molecule has 2 heterocycles. The quantitative estimate of drug-likeness (QED) is 0.729. The predicted octanol–water partition coefficient (Wildman–Crippen LogP) is 3.20. The van der Waals surface area contributed by atoms with Crippen molar-refractivity contribution in [2.24, 2.45) is 0 Å². The molecule has 0 unspecified atom stereocenters. The van der Waals surface area contributed by atoms with E-state index < -0.39 is 0 Å². The Labute approximate surface area is 134 Å². The van der Waals surface area contributed by atoms with E-state index in [1.165, 1.54) is 0 Å². The Kier molecular flexibility index (Phi) is 3.53. The Morgan fingerprint density at radius 3 is 2.36 bits per heavy atom. The standard InChI is InChI=1S/C15H10BrN5O/c16-9-3-1-8(2-4-9)11-5-6-12(22-11)13-10(7-17)14(18)21-15(19)20-13/h1-6H,(H4,18,19,20,21). The summed E-state index contributed by atoms with van der Waals surface area (Å²) in [5.41, 5.74) is 12.6. The lowest BCUT2D eigenvalue weighted by molar-refractivity contribution is 0.594. The zero-order valence-electron chi connectivity index (χ0n) is 11.2.